The molecular formula is C24H26Cl2N4. The summed E-state index contributed by atoms with van der Waals surface area (Å²) in [4.78, 5) is 6.91. The fourth-order valence-electron chi connectivity index (χ4n) is 4.06. The van der Waals surface area contributed by atoms with E-state index in [9.17, 15) is 0 Å². The van der Waals surface area contributed by atoms with Crippen LogP contribution in [-0.4, -0.2) is 27.5 Å². The molecule has 156 valence electrons. The minimum atomic E-state index is 0. The van der Waals surface area contributed by atoms with Crippen molar-refractivity contribution in [2.45, 2.75) is 32.4 Å². The van der Waals surface area contributed by atoms with E-state index in [0.717, 1.165) is 37.6 Å². The molecule has 0 aliphatic carbocycles. The Bertz CT molecular complexity index is 983. The monoisotopic (exact) mass is 440 g/mol. The molecule has 0 N–H and O–H groups in total. The molecule has 0 saturated carbocycles. The fraction of sp³-hybridized carbons (Fsp3) is 0.333. The van der Waals surface area contributed by atoms with Crippen LogP contribution in [0.1, 0.15) is 35.2 Å². The summed E-state index contributed by atoms with van der Waals surface area (Å²) in [6, 6.07) is 18.2. The van der Waals surface area contributed by atoms with E-state index in [0.29, 0.717) is 11.5 Å². The molecule has 0 spiro atoms. The van der Waals surface area contributed by atoms with Gasteiger partial charge in [0.2, 0.25) is 0 Å². The van der Waals surface area contributed by atoms with Crippen LogP contribution in [0.25, 0.3) is 0 Å². The van der Waals surface area contributed by atoms with Crippen molar-refractivity contribution in [3.8, 4) is 6.07 Å². The first kappa shape index (κ1) is 22.4. The maximum absolute atomic E-state index is 8.95. The lowest BCUT2D eigenvalue weighted by molar-refractivity contribution is 0.166. The highest BCUT2D eigenvalue weighted by molar-refractivity contribution is 6.30. The molecule has 0 amide bonds. The number of nitrogens with zero attached hydrogens (tertiary/aromatic N) is 4. The minimum absolute atomic E-state index is 0. The molecule has 0 atom stereocenters. The van der Waals surface area contributed by atoms with Crippen molar-refractivity contribution in [1.29, 1.82) is 5.26 Å². The van der Waals surface area contributed by atoms with Gasteiger partial charge in [-0.15, -0.1) is 12.4 Å². The van der Waals surface area contributed by atoms with Crippen molar-refractivity contribution < 1.29 is 0 Å². The highest BCUT2D eigenvalue weighted by atomic mass is 35.5. The molecule has 1 fully saturated rings. The fourth-order valence-corrected chi connectivity index (χ4v) is 4.28. The van der Waals surface area contributed by atoms with Gasteiger partial charge < -0.3 is 4.57 Å². The summed E-state index contributed by atoms with van der Waals surface area (Å²) >= 11 is 6.11. The molecule has 4 rings (SSSR count). The third-order valence-electron chi connectivity index (χ3n) is 5.72. The zero-order chi connectivity index (χ0) is 20.1. The largest absolute Gasteiger partial charge is 0.334 e. The number of nitriles is 1. The van der Waals surface area contributed by atoms with Crippen LogP contribution >= 0.6 is 24.0 Å². The Hall–Kier alpha value is -2.32. The van der Waals surface area contributed by atoms with Gasteiger partial charge in [0, 0.05) is 36.4 Å². The summed E-state index contributed by atoms with van der Waals surface area (Å²) in [6.45, 7) is 4.24. The summed E-state index contributed by atoms with van der Waals surface area (Å²) in [5, 5.41) is 9.76. The summed E-state index contributed by atoms with van der Waals surface area (Å²) in [7, 11) is 0. The number of hydrogen-bond donors (Lipinski definition) is 0. The van der Waals surface area contributed by atoms with E-state index in [1.54, 1.807) is 0 Å². The van der Waals surface area contributed by atoms with Gasteiger partial charge in [-0.1, -0.05) is 35.9 Å². The van der Waals surface area contributed by atoms with Gasteiger partial charge in [-0.3, -0.25) is 4.90 Å². The number of imidazole rings is 1. The Morgan fingerprint density at radius 3 is 2.53 bits per heavy atom. The summed E-state index contributed by atoms with van der Waals surface area (Å²) in [5.41, 5.74) is 4.43. The lowest BCUT2D eigenvalue weighted by Crippen LogP contribution is -2.34. The van der Waals surface area contributed by atoms with E-state index in [-0.39, 0.29) is 12.4 Å². The average molecular weight is 441 g/mol. The molecule has 0 unspecified atom stereocenters. The molecule has 1 aliphatic rings. The maximum atomic E-state index is 8.95. The second-order valence-corrected chi connectivity index (χ2v) is 8.31. The number of piperidine rings is 1. The topological polar surface area (TPSA) is 44.9 Å². The Kier molecular flexibility index (Phi) is 7.93. The summed E-state index contributed by atoms with van der Waals surface area (Å²) in [6.07, 6.45) is 7.17. The van der Waals surface area contributed by atoms with E-state index in [1.807, 2.05) is 48.9 Å². The zero-order valence-corrected chi connectivity index (χ0v) is 18.4. The Morgan fingerprint density at radius 1 is 1.07 bits per heavy atom. The van der Waals surface area contributed by atoms with Crippen LogP contribution in [0.5, 0.6) is 0 Å². The minimum Gasteiger partial charge on any atom is -0.334 e. The van der Waals surface area contributed by atoms with E-state index >= 15 is 0 Å². The van der Waals surface area contributed by atoms with Gasteiger partial charge in [0.25, 0.3) is 0 Å². The van der Waals surface area contributed by atoms with Crippen molar-refractivity contribution >= 4 is 24.0 Å². The molecule has 30 heavy (non-hydrogen) atoms. The first-order valence-corrected chi connectivity index (χ1v) is 10.5. The highest BCUT2D eigenvalue weighted by Gasteiger charge is 2.20. The van der Waals surface area contributed by atoms with Crippen LogP contribution in [0.2, 0.25) is 5.02 Å². The number of benzene rings is 2. The molecule has 3 aromatic rings. The van der Waals surface area contributed by atoms with Crippen molar-refractivity contribution in [3.05, 3.63) is 88.5 Å². The molecule has 0 bridgehead atoms. The first-order valence-electron chi connectivity index (χ1n) is 10.1. The maximum Gasteiger partial charge on any atom is 0.0991 e. The van der Waals surface area contributed by atoms with Crippen LogP contribution in [-0.2, 0) is 19.5 Å². The van der Waals surface area contributed by atoms with Gasteiger partial charge in [0.15, 0.2) is 0 Å². The van der Waals surface area contributed by atoms with Crippen molar-refractivity contribution in [2.24, 2.45) is 5.92 Å². The van der Waals surface area contributed by atoms with E-state index in [1.165, 1.54) is 29.7 Å². The van der Waals surface area contributed by atoms with E-state index in [4.69, 9.17) is 16.9 Å². The Balaban J connectivity index is 0.00000256. The van der Waals surface area contributed by atoms with Crippen molar-refractivity contribution in [3.63, 3.8) is 0 Å². The Morgan fingerprint density at radius 2 is 1.83 bits per heavy atom. The number of aromatic nitrogens is 2. The second-order valence-electron chi connectivity index (χ2n) is 7.87. The van der Waals surface area contributed by atoms with Gasteiger partial charge in [-0.05, 0) is 67.2 Å². The van der Waals surface area contributed by atoms with Crippen LogP contribution in [0.3, 0.4) is 0 Å². The number of likely N-dealkylation sites (tertiary alicyclic amines) is 1. The molecule has 4 nitrogen and oxygen atoms in total. The van der Waals surface area contributed by atoms with Crippen LogP contribution in [0.4, 0.5) is 0 Å². The Labute approximate surface area is 189 Å². The predicted octanol–water partition coefficient (Wildman–Crippen LogP) is 5.33. The van der Waals surface area contributed by atoms with E-state index in [2.05, 4.69) is 32.7 Å². The summed E-state index contributed by atoms with van der Waals surface area (Å²) < 4.78 is 2.30. The third-order valence-corrected chi connectivity index (χ3v) is 5.96. The van der Waals surface area contributed by atoms with Crippen molar-refractivity contribution in [2.75, 3.05) is 13.1 Å². The standard InChI is InChI=1S/C24H25ClN4.ClH/c25-23-3-1-2-22(12-23)16-28-10-8-21(9-11-28)17-29-18-27-15-24(29)13-19-4-6-20(14-26)7-5-19;/h1-7,12,15,18,21H,8-11,13,16-17H2;1H. The molecule has 1 saturated heterocycles. The normalized spacial score (nSPS) is 14.8. The molecule has 2 aromatic carbocycles. The molecule has 1 aromatic heterocycles. The van der Waals surface area contributed by atoms with E-state index < -0.39 is 0 Å². The smallest absolute Gasteiger partial charge is 0.0991 e. The third kappa shape index (κ3) is 5.86. The predicted molar refractivity (Wildman–Crippen MR) is 123 cm³/mol. The number of halogens is 2. The van der Waals surface area contributed by atoms with Gasteiger partial charge in [-0.2, -0.15) is 5.26 Å². The van der Waals surface area contributed by atoms with Crippen LogP contribution < -0.4 is 0 Å². The van der Waals surface area contributed by atoms with Gasteiger partial charge >= 0.3 is 0 Å². The summed E-state index contributed by atoms with van der Waals surface area (Å²) in [5.74, 6) is 0.680. The van der Waals surface area contributed by atoms with Crippen molar-refractivity contribution in [1.82, 2.24) is 14.5 Å². The molecule has 0 radical (unpaired) electrons. The molecule has 2 heterocycles. The lowest BCUT2D eigenvalue weighted by Gasteiger charge is -2.32. The zero-order valence-electron chi connectivity index (χ0n) is 16.9. The molecule has 1 aliphatic heterocycles. The van der Waals surface area contributed by atoms with Gasteiger partial charge in [0.1, 0.15) is 0 Å². The molecule has 6 heteroatoms. The highest BCUT2D eigenvalue weighted by Crippen LogP contribution is 2.23. The number of rotatable bonds is 6. The number of hydrogen-bond acceptors (Lipinski definition) is 3. The van der Waals surface area contributed by atoms with Gasteiger partial charge in [0.05, 0.1) is 18.0 Å². The second kappa shape index (κ2) is 10.6. The lowest BCUT2D eigenvalue weighted by atomic mass is 9.96. The van der Waals surface area contributed by atoms with Crippen LogP contribution in [0, 0.1) is 17.2 Å². The molecular weight excluding hydrogens is 415 g/mol. The quantitative estimate of drug-likeness (QED) is 0.519. The average Bonchev–Trinajstić information content (AvgIpc) is 3.16. The SMILES string of the molecule is Cl.N#Cc1ccc(Cc2cncn2CC2CCN(Cc3cccc(Cl)c3)CC2)cc1. The van der Waals surface area contributed by atoms with Gasteiger partial charge in [-0.25, -0.2) is 4.98 Å². The first-order chi connectivity index (χ1) is 14.2. The van der Waals surface area contributed by atoms with Crippen LogP contribution in [0.15, 0.2) is 61.1 Å².